The van der Waals surface area contributed by atoms with E-state index in [1.165, 1.54) is 0 Å². The minimum atomic E-state index is -0.0572. The highest BCUT2D eigenvalue weighted by Crippen LogP contribution is 2.26. The summed E-state index contributed by atoms with van der Waals surface area (Å²) in [6.45, 7) is 6.00. The number of rotatable bonds is 8. The van der Waals surface area contributed by atoms with Crippen LogP contribution in [0.2, 0.25) is 0 Å². The lowest BCUT2D eigenvalue weighted by atomic mass is 10.2. The van der Waals surface area contributed by atoms with Gasteiger partial charge in [0.25, 0.3) is 0 Å². The molecule has 0 radical (unpaired) electrons. The van der Waals surface area contributed by atoms with E-state index in [-0.39, 0.29) is 5.92 Å². The van der Waals surface area contributed by atoms with Crippen LogP contribution in [0.4, 0.5) is 0 Å². The molecule has 3 aromatic rings. The maximum atomic E-state index is 9.16. The average Bonchev–Trinajstić information content (AvgIpc) is 3.09. The highest BCUT2D eigenvalue weighted by atomic mass is 32.1. The van der Waals surface area contributed by atoms with Crippen molar-refractivity contribution in [2.75, 3.05) is 20.2 Å². The van der Waals surface area contributed by atoms with E-state index in [4.69, 9.17) is 27.3 Å². The van der Waals surface area contributed by atoms with Crippen LogP contribution in [0.1, 0.15) is 13.8 Å². The number of para-hydroxylation sites is 1. The van der Waals surface area contributed by atoms with E-state index in [0.717, 1.165) is 29.4 Å². The van der Waals surface area contributed by atoms with E-state index in [1.54, 1.807) is 7.11 Å². The summed E-state index contributed by atoms with van der Waals surface area (Å²) >= 11 is 5.80. The quantitative estimate of drug-likeness (QED) is 0.514. The lowest BCUT2D eigenvalue weighted by Gasteiger charge is -2.20. The van der Waals surface area contributed by atoms with Crippen LogP contribution in [-0.4, -0.2) is 39.4 Å². The van der Waals surface area contributed by atoms with Gasteiger partial charge in [-0.3, -0.25) is 9.47 Å². The summed E-state index contributed by atoms with van der Waals surface area (Å²) in [7, 11) is 1.65. The van der Waals surface area contributed by atoms with Gasteiger partial charge in [0.05, 0.1) is 25.8 Å². The van der Waals surface area contributed by atoms with Gasteiger partial charge in [0.15, 0.2) is 5.82 Å². The lowest BCUT2D eigenvalue weighted by Crippen LogP contribution is -2.30. The van der Waals surface area contributed by atoms with E-state index in [0.29, 0.717) is 18.0 Å². The van der Waals surface area contributed by atoms with E-state index in [2.05, 4.69) is 17.9 Å². The molecule has 1 unspecified atom stereocenters. The number of methoxy groups -OCH3 is 1. The molecular formula is C22H25N5OS. The van der Waals surface area contributed by atoms with Crippen LogP contribution in [-0.2, 0) is 6.67 Å². The Labute approximate surface area is 176 Å². The highest BCUT2D eigenvalue weighted by molar-refractivity contribution is 7.71. The van der Waals surface area contributed by atoms with Crippen molar-refractivity contribution in [3.63, 3.8) is 0 Å². The predicted molar refractivity (Wildman–Crippen MR) is 116 cm³/mol. The smallest absolute Gasteiger partial charge is 0.204 e. The number of ether oxygens (including phenoxy) is 1. The van der Waals surface area contributed by atoms with Crippen molar-refractivity contribution in [2.24, 2.45) is 5.92 Å². The monoisotopic (exact) mass is 407 g/mol. The first-order valence-corrected chi connectivity index (χ1v) is 9.99. The second-order valence-electron chi connectivity index (χ2n) is 6.85. The van der Waals surface area contributed by atoms with Crippen molar-refractivity contribution in [3.05, 3.63) is 59.4 Å². The second kappa shape index (κ2) is 9.50. The molecule has 0 saturated heterocycles. The largest absolute Gasteiger partial charge is 0.497 e. The van der Waals surface area contributed by atoms with Crippen LogP contribution >= 0.6 is 12.2 Å². The van der Waals surface area contributed by atoms with Crippen molar-refractivity contribution in [3.8, 4) is 28.9 Å². The number of hydrogen-bond acceptors (Lipinski definition) is 5. The lowest BCUT2D eigenvalue weighted by molar-refractivity contribution is 0.202. The molecule has 2 aromatic carbocycles. The first kappa shape index (κ1) is 20.8. The SMILES string of the molecule is CCN(CC(C)C#N)Cn1nc(-c2cccc(OC)c2)n(-c2ccccc2)c1=S. The molecule has 3 rings (SSSR count). The van der Waals surface area contributed by atoms with Crippen molar-refractivity contribution in [1.82, 2.24) is 19.2 Å². The molecule has 0 aliphatic heterocycles. The normalized spacial score (nSPS) is 12.0. The van der Waals surface area contributed by atoms with Gasteiger partial charge < -0.3 is 4.74 Å². The van der Waals surface area contributed by atoms with Gasteiger partial charge in [0.1, 0.15) is 5.75 Å². The molecule has 0 amide bonds. The van der Waals surface area contributed by atoms with Gasteiger partial charge in [-0.15, -0.1) is 5.10 Å². The summed E-state index contributed by atoms with van der Waals surface area (Å²) in [6, 6.07) is 20.1. The third-order valence-electron chi connectivity index (χ3n) is 4.72. The first-order chi connectivity index (χ1) is 14.1. The molecule has 0 fully saturated rings. The third-order valence-corrected chi connectivity index (χ3v) is 5.11. The van der Waals surface area contributed by atoms with E-state index in [9.17, 15) is 0 Å². The molecule has 7 heteroatoms. The Bertz CT molecular complexity index is 1050. The Morgan fingerprint density at radius 2 is 1.97 bits per heavy atom. The van der Waals surface area contributed by atoms with Gasteiger partial charge in [-0.1, -0.05) is 37.3 Å². The van der Waals surface area contributed by atoms with Crippen molar-refractivity contribution < 1.29 is 4.74 Å². The fourth-order valence-corrected chi connectivity index (χ4v) is 3.45. The Hall–Kier alpha value is -2.95. The predicted octanol–water partition coefficient (Wildman–Crippen LogP) is 4.52. The zero-order valence-electron chi connectivity index (χ0n) is 16.9. The maximum Gasteiger partial charge on any atom is 0.204 e. The van der Waals surface area contributed by atoms with E-state index in [1.807, 2.05) is 70.8 Å². The van der Waals surface area contributed by atoms with E-state index < -0.39 is 0 Å². The molecule has 1 aromatic heterocycles. The van der Waals surface area contributed by atoms with Crippen LogP contribution in [0.25, 0.3) is 17.1 Å². The summed E-state index contributed by atoms with van der Waals surface area (Å²) in [5.74, 6) is 1.46. The minimum Gasteiger partial charge on any atom is -0.497 e. The van der Waals surface area contributed by atoms with Gasteiger partial charge in [0.2, 0.25) is 4.77 Å². The molecule has 0 bridgehead atoms. The van der Waals surface area contributed by atoms with Crippen LogP contribution in [0.5, 0.6) is 5.75 Å². The van der Waals surface area contributed by atoms with Crippen LogP contribution < -0.4 is 4.74 Å². The molecule has 29 heavy (non-hydrogen) atoms. The van der Waals surface area contributed by atoms with Crippen LogP contribution in [0, 0.1) is 22.0 Å². The second-order valence-corrected chi connectivity index (χ2v) is 7.21. The van der Waals surface area contributed by atoms with Gasteiger partial charge in [-0.2, -0.15) is 5.26 Å². The topological polar surface area (TPSA) is 59.0 Å². The highest BCUT2D eigenvalue weighted by Gasteiger charge is 2.17. The zero-order chi connectivity index (χ0) is 20.8. The molecule has 0 aliphatic rings. The molecular weight excluding hydrogens is 382 g/mol. The van der Waals surface area contributed by atoms with Gasteiger partial charge in [0, 0.05) is 17.8 Å². The fourth-order valence-electron chi connectivity index (χ4n) is 3.16. The zero-order valence-corrected chi connectivity index (χ0v) is 17.8. The third kappa shape index (κ3) is 4.73. The first-order valence-electron chi connectivity index (χ1n) is 9.59. The number of nitriles is 1. The van der Waals surface area contributed by atoms with Crippen molar-refractivity contribution >= 4 is 12.2 Å². The molecule has 0 N–H and O–H groups in total. The number of benzene rings is 2. The minimum absolute atomic E-state index is 0.0572. The Morgan fingerprint density at radius 1 is 1.21 bits per heavy atom. The van der Waals surface area contributed by atoms with Crippen LogP contribution in [0.15, 0.2) is 54.6 Å². The molecule has 150 valence electrons. The Kier molecular flexibility index (Phi) is 6.81. The Balaban J connectivity index is 2.09. The molecule has 0 aliphatic carbocycles. The van der Waals surface area contributed by atoms with Gasteiger partial charge in [-0.05, 0) is 50.0 Å². The molecule has 0 spiro atoms. The molecule has 0 saturated carbocycles. The summed E-state index contributed by atoms with van der Waals surface area (Å²) in [6.07, 6.45) is 0. The number of nitrogens with zero attached hydrogens (tertiary/aromatic N) is 5. The summed E-state index contributed by atoms with van der Waals surface area (Å²) < 4.78 is 9.80. The maximum absolute atomic E-state index is 9.16. The van der Waals surface area contributed by atoms with Crippen LogP contribution in [0.3, 0.4) is 0 Å². The fraction of sp³-hybridized carbons (Fsp3) is 0.318. The van der Waals surface area contributed by atoms with Gasteiger partial charge in [-0.25, -0.2) is 4.68 Å². The number of hydrogen-bond donors (Lipinski definition) is 0. The molecule has 6 nitrogen and oxygen atoms in total. The number of aromatic nitrogens is 3. The molecule has 1 heterocycles. The van der Waals surface area contributed by atoms with Crippen molar-refractivity contribution in [2.45, 2.75) is 20.5 Å². The Morgan fingerprint density at radius 3 is 2.62 bits per heavy atom. The standard InChI is InChI=1S/C22H25N5OS/c1-4-25(15-17(2)14-23)16-26-22(29)27(19-10-6-5-7-11-19)21(24-26)18-9-8-12-20(13-18)28-3/h5-13,17H,4,15-16H2,1-3H3. The molecule has 1 atom stereocenters. The summed E-state index contributed by atoms with van der Waals surface area (Å²) in [4.78, 5) is 2.17. The summed E-state index contributed by atoms with van der Waals surface area (Å²) in [5.41, 5.74) is 1.88. The van der Waals surface area contributed by atoms with Gasteiger partial charge >= 0.3 is 0 Å². The van der Waals surface area contributed by atoms with E-state index >= 15 is 0 Å². The van der Waals surface area contributed by atoms with Crippen molar-refractivity contribution in [1.29, 1.82) is 5.26 Å². The summed E-state index contributed by atoms with van der Waals surface area (Å²) in [5, 5.41) is 14.0. The average molecular weight is 408 g/mol.